The highest BCUT2D eigenvalue weighted by Gasteiger charge is 2.19. The van der Waals surface area contributed by atoms with Crippen molar-refractivity contribution < 1.29 is 14.6 Å². The largest absolute Gasteiger partial charge is 0.496 e. The molecule has 0 heterocycles. The molecule has 1 rings (SSSR count). The lowest BCUT2D eigenvalue weighted by molar-refractivity contribution is 0.00278. The van der Waals surface area contributed by atoms with Crippen molar-refractivity contribution in [1.82, 2.24) is 0 Å². The summed E-state index contributed by atoms with van der Waals surface area (Å²) in [7, 11) is 3.31. The minimum absolute atomic E-state index is 0.204. The predicted octanol–water partition coefficient (Wildman–Crippen LogP) is 3.70. The van der Waals surface area contributed by atoms with Crippen LogP contribution in [0, 0.1) is 0 Å². The highest BCUT2D eigenvalue weighted by Crippen LogP contribution is 2.30. The van der Waals surface area contributed by atoms with E-state index in [1.54, 1.807) is 14.2 Å². The van der Waals surface area contributed by atoms with Crippen molar-refractivity contribution in [3.63, 3.8) is 0 Å². The zero-order valence-electron chi connectivity index (χ0n) is 11.4. The van der Waals surface area contributed by atoms with E-state index in [2.05, 4.69) is 15.9 Å². The lowest BCUT2D eigenvalue weighted by atomic mass is 9.97. The van der Waals surface area contributed by atoms with E-state index in [4.69, 9.17) is 9.47 Å². The minimum Gasteiger partial charge on any atom is -0.496 e. The third-order valence-electron chi connectivity index (χ3n) is 3.13. The van der Waals surface area contributed by atoms with E-state index in [-0.39, 0.29) is 5.60 Å². The van der Waals surface area contributed by atoms with Crippen LogP contribution in [0.15, 0.2) is 22.7 Å². The number of methoxy groups -OCH3 is 2. The van der Waals surface area contributed by atoms with E-state index < -0.39 is 6.10 Å². The van der Waals surface area contributed by atoms with Crippen LogP contribution >= 0.6 is 15.9 Å². The lowest BCUT2D eigenvalue weighted by Gasteiger charge is -2.24. The molecule has 1 aromatic carbocycles. The summed E-state index contributed by atoms with van der Waals surface area (Å²) in [6, 6.07) is 5.63. The summed E-state index contributed by atoms with van der Waals surface area (Å²) in [4.78, 5) is 0. The second kappa shape index (κ2) is 6.55. The van der Waals surface area contributed by atoms with Crippen molar-refractivity contribution in [2.75, 3.05) is 14.2 Å². The van der Waals surface area contributed by atoms with E-state index in [1.807, 2.05) is 32.0 Å². The molecule has 1 aromatic rings. The van der Waals surface area contributed by atoms with Gasteiger partial charge >= 0.3 is 0 Å². The molecular formula is C14H21BrO3. The molecule has 1 N–H and O–H groups in total. The third kappa shape index (κ3) is 4.26. The summed E-state index contributed by atoms with van der Waals surface area (Å²) in [5.41, 5.74) is 0.680. The molecule has 3 nitrogen and oxygen atoms in total. The van der Waals surface area contributed by atoms with Gasteiger partial charge in [-0.2, -0.15) is 0 Å². The number of rotatable bonds is 6. The molecule has 0 saturated carbocycles. The van der Waals surface area contributed by atoms with Crippen LogP contribution in [-0.4, -0.2) is 24.9 Å². The van der Waals surface area contributed by atoms with Crippen LogP contribution in [0.5, 0.6) is 5.75 Å². The van der Waals surface area contributed by atoms with Gasteiger partial charge in [-0.25, -0.2) is 0 Å². The predicted molar refractivity (Wildman–Crippen MR) is 76.0 cm³/mol. The van der Waals surface area contributed by atoms with Gasteiger partial charge in [0.05, 0.1) is 23.3 Å². The molecule has 0 aliphatic heterocycles. The van der Waals surface area contributed by atoms with Gasteiger partial charge in [0.1, 0.15) is 5.75 Å². The van der Waals surface area contributed by atoms with Gasteiger partial charge in [-0.05, 0) is 60.3 Å². The molecule has 4 heteroatoms. The SMILES string of the molecule is COc1ccc(C(O)CCC(C)(C)OC)cc1Br. The topological polar surface area (TPSA) is 38.7 Å². The number of ether oxygens (including phenoxy) is 2. The summed E-state index contributed by atoms with van der Waals surface area (Å²) < 4.78 is 11.4. The van der Waals surface area contributed by atoms with Crippen LogP contribution in [0.1, 0.15) is 38.4 Å². The van der Waals surface area contributed by atoms with Gasteiger partial charge in [-0.3, -0.25) is 0 Å². The molecule has 0 spiro atoms. The van der Waals surface area contributed by atoms with Crippen LogP contribution < -0.4 is 4.74 Å². The van der Waals surface area contributed by atoms with E-state index >= 15 is 0 Å². The Hall–Kier alpha value is -0.580. The highest BCUT2D eigenvalue weighted by atomic mass is 79.9. The molecule has 0 amide bonds. The Labute approximate surface area is 117 Å². The average molecular weight is 317 g/mol. The standard InChI is InChI=1S/C14H21BrO3/c1-14(2,18-4)8-7-12(16)10-5-6-13(17-3)11(15)9-10/h5-6,9,12,16H,7-8H2,1-4H3. The average Bonchev–Trinajstić information content (AvgIpc) is 2.36. The zero-order chi connectivity index (χ0) is 13.8. The summed E-state index contributed by atoms with van der Waals surface area (Å²) in [6.07, 6.45) is 0.982. The smallest absolute Gasteiger partial charge is 0.133 e. The van der Waals surface area contributed by atoms with Crippen molar-refractivity contribution in [2.24, 2.45) is 0 Å². The molecule has 0 aliphatic carbocycles. The fraction of sp³-hybridized carbons (Fsp3) is 0.571. The second-order valence-corrected chi connectivity index (χ2v) is 5.77. The normalized spacial score (nSPS) is 13.4. The molecule has 1 unspecified atom stereocenters. The lowest BCUT2D eigenvalue weighted by Crippen LogP contribution is -2.23. The van der Waals surface area contributed by atoms with Crippen LogP contribution in [0.2, 0.25) is 0 Å². The number of halogens is 1. The van der Waals surface area contributed by atoms with E-state index in [0.29, 0.717) is 6.42 Å². The first-order valence-electron chi connectivity index (χ1n) is 5.96. The van der Waals surface area contributed by atoms with Crippen molar-refractivity contribution >= 4 is 15.9 Å². The molecule has 0 aromatic heterocycles. The Balaban J connectivity index is 2.67. The minimum atomic E-state index is -0.485. The zero-order valence-corrected chi connectivity index (χ0v) is 13.0. The summed E-state index contributed by atoms with van der Waals surface area (Å²) in [5, 5.41) is 10.2. The number of benzene rings is 1. The van der Waals surface area contributed by atoms with E-state index in [1.165, 1.54) is 0 Å². The number of hydrogen-bond acceptors (Lipinski definition) is 3. The summed E-state index contributed by atoms with van der Waals surface area (Å²) in [5.74, 6) is 0.767. The molecule has 18 heavy (non-hydrogen) atoms. The first-order chi connectivity index (χ1) is 8.39. The van der Waals surface area contributed by atoms with Gasteiger partial charge in [0.15, 0.2) is 0 Å². The van der Waals surface area contributed by atoms with Crippen LogP contribution in [0.25, 0.3) is 0 Å². The Morgan fingerprint density at radius 3 is 2.50 bits per heavy atom. The van der Waals surface area contributed by atoms with Gasteiger partial charge in [-0.15, -0.1) is 0 Å². The fourth-order valence-corrected chi connectivity index (χ4v) is 2.20. The molecule has 0 bridgehead atoms. The van der Waals surface area contributed by atoms with Gasteiger partial charge in [0.25, 0.3) is 0 Å². The molecule has 0 radical (unpaired) electrons. The fourth-order valence-electron chi connectivity index (χ4n) is 1.64. The Bertz CT molecular complexity index is 391. The summed E-state index contributed by atoms with van der Waals surface area (Å²) >= 11 is 3.42. The van der Waals surface area contributed by atoms with Gasteiger partial charge < -0.3 is 14.6 Å². The summed E-state index contributed by atoms with van der Waals surface area (Å²) in [6.45, 7) is 4.04. The number of aliphatic hydroxyl groups excluding tert-OH is 1. The van der Waals surface area contributed by atoms with E-state index in [9.17, 15) is 5.11 Å². The van der Waals surface area contributed by atoms with E-state index in [0.717, 1.165) is 22.2 Å². The van der Waals surface area contributed by atoms with Crippen LogP contribution in [0.3, 0.4) is 0 Å². The number of aliphatic hydroxyl groups is 1. The van der Waals surface area contributed by atoms with Crippen LogP contribution in [0.4, 0.5) is 0 Å². The second-order valence-electron chi connectivity index (χ2n) is 4.91. The molecule has 0 fully saturated rings. The third-order valence-corrected chi connectivity index (χ3v) is 3.75. The number of hydrogen-bond donors (Lipinski definition) is 1. The maximum Gasteiger partial charge on any atom is 0.133 e. The Kier molecular flexibility index (Phi) is 5.63. The van der Waals surface area contributed by atoms with Crippen LogP contribution in [-0.2, 0) is 4.74 Å². The van der Waals surface area contributed by atoms with Crippen molar-refractivity contribution in [1.29, 1.82) is 0 Å². The monoisotopic (exact) mass is 316 g/mol. The Morgan fingerprint density at radius 2 is 2.00 bits per heavy atom. The molecular weight excluding hydrogens is 296 g/mol. The maximum absolute atomic E-state index is 10.2. The Morgan fingerprint density at radius 1 is 1.33 bits per heavy atom. The maximum atomic E-state index is 10.2. The molecule has 102 valence electrons. The van der Waals surface area contributed by atoms with Crippen molar-refractivity contribution in [2.45, 2.75) is 38.4 Å². The molecule has 1 atom stereocenters. The van der Waals surface area contributed by atoms with Gasteiger partial charge in [0.2, 0.25) is 0 Å². The first-order valence-corrected chi connectivity index (χ1v) is 6.75. The van der Waals surface area contributed by atoms with Crippen molar-refractivity contribution in [3.05, 3.63) is 28.2 Å². The highest BCUT2D eigenvalue weighted by molar-refractivity contribution is 9.10. The molecule has 0 saturated heterocycles. The van der Waals surface area contributed by atoms with Gasteiger partial charge in [-0.1, -0.05) is 6.07 Å². The molecule has 0 aliphatic rings. The van der Waals surface area contributed by atoms with Crippen molar-refractivity contribution in [3.8, 4) is 5.75 Å². The van der Waals surface area contributed by atoms with Gasteiger partial charge in [0, 0.05) is 7.11 Å². The first kappa shape index (κ1) is 15.5. The quantitative estimate of drug-likeness (QED) is 0.869.